The molecule has 0 spiro atoms. The van der Waals surface area contributed by atoms with Crippen molar-refractivity contribution >= 4 is 0 Å². The van der Waals surface area contributed by atoms with E-state index in [0.717, 1.165) is 0 Å². The maximum Gasteiger partial charge on any atom is 0.0574 e. The van der Waals surface area contributed by atoms with Crippen LogP contribution in [0.4, 0.5) is 0 Å². The van der Waals surface area contributed by atoms with Crippen molar-refractivity contribution < 1.29 is 0 Å². The van der Waals surface area contributed by atoms with Crippen molar-refractivity contribution in [2.45, 2.75) is 13.0 Å². The summed E-state index contributed by atoms with van der Waals surface area (Å²) in [6, 6.07) is 10.6. The molecule has 1 atom stereocenters. The van der Waals surface area contributed by atoms with E-state index in [4.69, 9.17) is 0 Å². The lowest BCUT2D eigenvalue weighted by Gasteiger charge is -2.17. The standard InChI is InChI=1S/C15H19N/c1-4-6-10-13(5-2)15(16-3)14-11-8-7-9-12-14/h4-12,15-16H,2H2,1,3H3/b6-4-,13-10+. The van der Waals surface area contributed by atoms with E-state index in [1.165, 1.54) is 11.1 Å². The lowest BCUT2D eigenvalue weighted by molar-refractivity contribution is 0.691. The number of hydrogen-bond donors (Lipinski definition) is 1. The van der Waals surface area contributed by atoms with Crippen LogP contribution in [0, 0.1) is 0 Å². The third-order valence-electron chi connectivity index (χ3n) is 2.47. The highest BCUT2D eigenvalue weighted by molar-refractivity contribution is 5.35. The van der Waals surface area contributed by atoms with E-state index in [2.05, 4.69) is 42.2 Å². The molecule has 1 N–H and O–H groups in total. The Morgan fingerprint density at radius 3 is 2.50 bits per heavy atom. The minimum absolute atomic E-state index is 0.204. The molecule has 84 valence electrons. The fourth-order valence-corrected chi connectivity index (χ4v) is 1.66. The van der Waals surface area contributed by atoms with E-state index in [0.29, 0.717) is 0 Å². The Morgan fingerprint density at radius 1 is 1.31 bits per heavy atom. The highest BCUT2D eigenvalue weighted by Gasteiger charge is 2.10. The summed E-state index contributed by atoms with van der Waals surface area (Å²) < 4.78 is 0. The Balaban J connectivity index is 3.01. The molecule has 1 unspecified atom stereocenters. The largest absolute Gasteiger partial charge is 0.309 e. The molecule has 0 aliphatic heterocycles. The van der Waals surface area contributed by atoms with Gasteiger partial charge in [0.25, 0.3) is 0 Å². The molecule has 1 heteroatoms. The summed E-state index contributed by atoms with van der Waals surface area (Å²) in [6.45, 7) is 5.87. The minimum atomic E-state index is 0.204. The second kappa shape index (κ2) is 6.81. The van der Waals surface area contributed by atoms with Gasteiger partial charge in [0.15, 0.2) is 0 Å². The molecule has 0 heterocycles. The number of nitrogens with one attached hydrogen (secondary N) is 1. The fraction of sp³-hybridized carbons (Fsp3) is 0.200. The first-order valence-electron chi connectivity index (χ1n) is 5.51. The van der Waals surface area contributed by atoms with Crippen LogP contribution < -0.4 is 5.32 Å². The SMILES string of the molecule is C=C/C(=C\C=C/C)C(NC)c1ccccc1. The summed E-state index contributed by atoms with van der Waals surface area (Å²) in [4.78, 5) is 0. The quantitative estimate of drug-likeness (QED) is 0.736. The first kappa shape index (κ1) is 12.5. The molecule has 0 radical (unpaired) electrons. The first-order chi connectivity index (χ1) is 7.83. The zero-order valence-corrected chi connectivity index (χ0v) is 9.98. The van der Waals surface area contributed by atoms with Gasteiger partial charge in [-0.3, -0.25) is 0 Å². The zero-order valence-electron chi connectivity index (χ0n) is 9.98. The van der Waals surface area contributed by atoms with Gasteiger partial charge < -0.3 is 5.32 Å². The van der Waals surface area contributed by atoms with Gasteiger partial charge in [-0.2, -0.15) is 0 Å². The maximum atomic E-state index is 3.87. The van der Waals surface area contributed by atoms with Crippen molar-refractivity contribution in [3.05, 3.63) is 72.4 Å². The average molecular weight is 213 g/mol. The second-order valence-electron chi connectivity index (χ2n) is 3.53. The Morgan fingerprint density at radius 2 is 2.00 bits per heavy atom. The van der Waals surface area contributed by atoms with Crippen LogP contribution in [0.3, 0.4) is 0 Å². The molecular formula is C15H19N. The van der Waals surface area contributed by atoms with Crippen molar-refractivity contribution in [2.24, 2.45) is 0 Å². The van der Waals surface area contributed by atoms with E-state index >= 15 is 0 Å². The molecule has 16 heavy (non-hydrogen) atoms. The fourth-order valence-electron chi connectivity index (χ4n) is 1.66. The number of likely N-dealkylation sites (N-methyl/N-ethyl adjacent to an activating group) is 1. The number of allylic oxidation sites excluding steroid dienone is 3. The molecule has 0 amide bonds. The van der Waals surface area contributed by atoms with E-state index < -0.39 is 0 Å². The third-order valence-corrected chi connectivity index (χ3v) is 2.47. The predicted molar refractivity (Wildman–Crippen MR) is 71.3 cm³/mol. The van der Waals surface area contributed by atoms with Crippen molar-refractivity contribution in [3.63, 3.8) is 0 Å². The van der Waals surface area contributed by atoms with Crippen molar-refractivity contribution in [1.29, 1.82) is 0 Å². The Kier molecular flexibility index (Phi) is 5.30. The van der Waals surface area contributed by atoms with Crippen molar-refractivity contribution in [3.8, 4) is 0 Å². The number of rotatable bonds is 5. The van der Waals surface area contributed by atoms with Crippen LogP contribution in [0.2, 0.25) is 0 Å². The van der Waals surface area contributed by atoms with Crippen LogP contribution in [-0.2, 0) is 0 Å². The summed E-state index contributed by atoms with van der Waals surface area (Å²) >= 11 is 0. The molecule has 1 rings (SSSR count). The van der Waals surface area contributed by atoms with Gasteiger partial charge in [-0.05, 0) is 25.1 Å². The first-order valence-corrected chi connectivity index (χ1v) is 5.51. The minimum Gasteiger partial charge on any atom is -0.309 e. The molecule has 0 bridgehead atoms. The molecule has 0 saturated carbocycles. The summed E-state index contributed by atoms with van der Waals surface area (Å²) in [5.74, 6) is 0. The summed E-state index contributed by atoms with van der Waals surface area (Å²) in [5, 5.41) is 3.30. The van der Waals surface area contributed by atoms with E-state index in [1.807, 2.05) is 38.3 Å². The van der Waals surface area contributed by atoms with Crippen LogP contribution in [0.15, 0.2) is 66.8 Å². The third kappa shape index (κ3) is 3.21. The van der Waals surface area contributed by atoms with Crippen LogP contribution in [-0.4, -0.2) is 7.05 Å². The zero-order chi connectivity index (χ0) is 11.8. The molecular weight excluding hydrogens is 194 g/mol. The molecule has 0 fully saturated rings. The van der Waals surface area contributed by atoms with Crippen molar-refractivity contribution in [1.82, 2.24) is 5.32 Å². The van der Waals surface area contributed by atoms with Crippen LogP contribution >= 0.6 is 0 Å². The second-order valence-corrected chi connectivity index (χ2v) is 3.53. The Hall–Kier alpha value is -1.60. The van der Waals surface area contributed by atoms with Crippen LogP contribution in [0.25, 0.3) is 0 Å². The van der Waals surface area contributed by atoms with E-state index in [1.54, 1.807) is 0 Å². The van der Waals surface area contributed by atoms with Gasteiger partial charge in [-0.15, -0.1) is 0 Å². The van der Waals surface area contributed by atoms with Crippen LogP contribution in [0.5, 0.6) is 0 Å². The highest BCUT2D eigenvalue weighted by Crippen LogP contribution is 2.21. The molecule has 0 aliphatic carbocycles. The summed E-state index contributed by atoms with van der Waals surface area (Å²) in [6.07, 6.45) is 8.03. The summed E-state index contributed by atoms with van der Waals surface area (Å²) in [5.41, 5.74) is 2.42. The molecule has 1 nitrogen and oxygen atoms in total. The Labute approximate surface area is 98.2 Å². The molecule has 0 aliphatic rings. The van der Waals surface area contributed by atoms with Crippen LogP contribution in [0.1, 0.15) is 18.5 Å². The van der Waals surface area contributed by atoms with Gasteiger partial charge in [-0.1, -0.05) is 61.2 Å². The molecule has 0 aromatic heterocycles. The number of benzene rings is 1. The van der Waals surface area contributed by atoms with Gasteiger partial charge in [-0.25, -0.2) is 0 Å². The Bertz CT molecular complexity index is 374. The monoisotopic (exact) mass is 213 g/mol. The van der Waals surface area contributed by atoms with E-state index in [9.17, 15) is 0 Å². The molecule has 0 saturated heterocycles. The molecule has 1 aromatic carbocycles. The van der Waals surface area contributed by atoms with Gasteiger partial charge in [0, 0.05) is 0 Å². The summed E-state index contributed by atoms with van der Waals surface area (Å²) in [7, 11) is 1.96. The van der Waals surface area contributed by atoms with Crippen molar-refractivity contribution in [2.75, 3.05) is 7.05 Å². The van der Waals surface area contributed by atoms with Gasteiger partial charge in [0.05, 0.1) is 6.04 Å². The lowest BCUT2D eigenvalue weighted by atomic mass is 9.98. The average Bonchev–Trinajstić information content (AvgIpc) is 2.35. The van der Waals surface area contributed by atoms with Gasteiger partial charge >= 0.3 is 0 Å². The lowest BCUT2D eigenvalue weighted by Crippen LogP contribution is -2.17. The van der Waals surface area contributed by atoms with E-state index in [-0.39, 0.29) is 6.04 Å². The predicted octanol–water partition coefficient (Wildman–Crippen LogP) is 3.64. The highest BCUT2D eigenvalue weighted by atomic mass is 14.9. The van der Waals surface area contributed by atoms with Gasteiger partial charge in [0.1, 0.15) is 0 Å². The normalized spacial score (nSPS) is 14.0. The topological polar surface area (TPSA) is 12.0 Å². The smallest absolute Gasteiger partial charge is 0.0574 e. The number of hydrogen-bond acceptors (Lipinski definition) is 1. The van der Waals surface area contributed by atoms with Gasteiger partial charge in [0.2, 0.25) is 0 Å². The molecule has 1 aromatic rings. The maximum absolute atomic E-state index is 3.87.